The van der Waals surface area contributed by atoms with Gasteiger partial charge in [-0.05, 0) is 50.8 Å². The summed E-state index contributed by atoms with van der Waals surface area (Å²) in [5, 5.41) is 7.92. The van der Waals surface area contributed by atoms with E-state index in [2.05, 4.69) is 14.8 Å². The number of para-hydroxylation sites is 1. The number of benzene rings is 1. The van der Waals surface area contributed by atoms with Crippen LogP contribution in [0.15, 0.2) is 40.9 Å². The van der Waals surface area contributed by atoms with Gasteiger partial charge in [-0.25, -0.2) is 8.89 Å². The molecule has 2 atom stereocenters. The molecule has 4 rings (SSSR count). The molecule has 1 aromatic heterocycles. The standard InChI is InChI=1S/C20H26N4O2S/c1-2-18-17(14-22-24(18)16-8-4-3-5-9-16)19(25)23-27(26)13-7-11-20(15-27)10-6-12-21-20/h3-5,8-9,14,21H,2,6-7,10-13,15H2,1H3. The smallest absolute Gasteiger partial charge is 0.288 e. The molecule has 2 fully saturated rings. The molecular weight excluding hydrogens is 360 g/mol. The van der Waals surface area contributed by atoms with Gasteiger partial charge in [0.25, 0.3) is 5.91 Å². The van der Waals surface area contributed by atoms with Gasteiger partial charge in [-0.3, -0.25) is 4.79 Å². The Morgan fingerprint density at radius 1 is 1.30 bits per heavy atom. The van der Waals surface area contributed by atoms with Crippen LogP contribution in [0.3, 0.4) is 0 Å². The Bertz CT molecular complexity index is 952. The fraction of sp³-hybridized carbons (Fsp3) is 0.500. The number of carbonyl (C=O) groups excluding carboxylic acids is 1. The molecule has 1 amide bonds. The Morgan fingerprint density at radius 3 is 2.78 bits per heavy atom. The first-order chi connectivity index (χ1) is 13.0. The number of aromatic nitrogens is 2. The molecule has 2 aliphatic rings. The molecule has 6 nitrogen and oxygen atoms in total. The quantitative estimate of drug-likeness (QED) is 0.880. The van der Waals surface area contributed by atoms with Gasteiger partial charge < -0.3 is 5.32 Å². The summed E-state index contributed by atoms with van der Waals surface area (Å²) >= 11 is 0. The third-order valence-corrected chi connectivity index (χ3v) is 8.07. The molecule has 1 aromatic carbocycles. The minimum absolute atomic E-state index is 0.0824. The van der Waals surface area contributed by atoms with Gasteiger partial charge in [-0.2, -0.15) is 9.46 Å². The third kappa shape index (κ3) is 3.58. The molecule has 7 heteroatoms. The number of nitrogens with one attached hydrogen (secondary N) is 1. The molecule has 0 bridgehead atoms. The highest BCUT2D eigenvalue weighted by Crippen LogP contribution is 2.32. The van der Waals surface area contributed by atoms with Crippen molar-refractivity contribution in [3.63, 3.8) is 0 Å². The highest BCUT2D eigenvalue weighted by molar-refractivity contribution is 7.94. The molecule has 3 heterocycles. The predicted molar refractivity (Wildman–Crippen MR) is 107 cm³/mol. The number of hydrogen-bond donors (Lipinski definition) is 1. The van der Waals surface area contributed by atoms with E-state index >= 15 is 0 Å². The third-order valence-electron chi connectivity index (χ3n) is 5.64. The lowest BCUT2D eigenvalue weighted by Crippen LogP contribution is -2.49. The summed E-state index contributed by atoms with van der Waals surface area (Å²) in [5.74, 6) is 0.602. The Labute approximate surface area is 160 Å². The lowest BCUT2D eigenvalue weighted by Gasteiger charge is -2.35. The zero-order valence-electron chi connectivity index (χ0n) is 15.7. The van der Waals surface area contributed by atoms with Gasteiger partial charge in [0.2, 0.25) is 0 Å². The monoisotopic (exact) mass is 386 g/mol. The SMILES string of the molecule is CCc1c(C(=O)N=S2(=O)CCCC3(CCCN3)C2)cnn1-c1ccccc1. The van der Waals surface area contributed by atoms with Crippen molar-refractivity contribution in [2.75, 3.05) is 18.1 Å². The summed E-state index contributed by atoms with van der Waals surface area (Å²) in [4.78, 5) is 12.9. The normalized spacial score (nSPS) is 27.7. The van der Waals surface area contributed by atoms with E-state index in [4.69, 9.17) is 0 Å². The summed E-state index contributed by atoms with van der Waals surface area (Å²) in [5.41, 5.74) is 2.09. The second-order valence-corrected chi connectivity index (χ2v) is 9.96. The highest BCUT2D eigenvalue weighted by atomic mass is 32.2. The summed E-state index contributed by atoms with van der Waals surface area (Å²) < 4.78 is 19.4. The van der Waals surface area contributed by atoms with E-state index in [0.717, 1.165) is 43.6 Å². The van der Waals surface area contributed by atoms with Crippen molar-refractivity contribution >= 4 is 15.6 Å². The zero-order valence-corrected chi connectivity index (χ0v) is 16.5. The molecule has 2 saturated heterocycles. The maximum absolute atomic E-state index is 13.4. The Balaban J connectivity index is 1.66. The van der Waals surface area contributed by atoms with Gasteiger partial charge >= 0.3 is 0 Å². The first-order valence-corrected chi connectivity index (χ1v) is 11.5. The molecule has 144 valence electrons. The second kappa shape index (κ2) is 7.20. The minimum atomic E-state index is -2.53. The maximum atomic E-state index is 13.4. The van der Waals surface area contributed by atoms with Crippen molar-refractivity contribution in [2.24, 2.45) is 4.36 Å². The van der Waals surface area contributed by atoms with Crippen molar-refractivity contribution in [1.29, 1.82) is 0 Å². The number of nitrogens with zero attached hydrogens (tertiary/aromatic N) is 3. The van der Waals surface area contributed by atoms with E-state index < -0.39 is 15.6 Å². The van der Waals surface area contributed by atoms with Crippen LogP contribution >= 0.6 is 0 Å². The van der Waals surface area contributed by atoms with Crippen LogP contribution in [0.5, 0.6) is 0 Å². The first-order valence-electron chi connectivity index (χ1n) is 9.68. The second-order valence-electron chi connectivity index (χ2n) is 7.54. The highest BCUT2D eigenvalue weighted by Gasteiger charge is 2.40. The minimum Gasteiger partial charge on any atom is -0.310 e. The van der Waals surface area contributed by atoms with Gasteiger partial charge in [-0.15, -0.1) is 0 Å². The van der Waals surface area contributed by atoms with Gasteiger partial charge in [0.05, 0.1) is 38.6 Å². The summed E-state index contributed by atoms with van der Waals surface area (Å²) in [6.07, 6.45) is 6.23. The lowest BCUT2D eigenvalue weighted by molar-refractivity contribution is 0.100. The van der Waals surface area contributed by atoms with Crippen LogP contribution in [-0.4, -0.2) is 43.5 Å². The van der Waals surface area contributed by atoms with Crippen LogP contribution in [0.2, 0.25) is 0 Å². The summed E-state index contributed by atoms with van der Waals surface area (Å²) in [6, 6.07) is 9.73. The molecule has 0 saturated carbocycles. The molecule has 0 aliphatic carbocycles. The van der Waals surface area contributed by atoms with Crippen molar-refractivity contribution in [3.8, 4) is 5.69 Å². The number of carbonyl (C=O) groups is 1. The molecule has 1 spiro atoms. The molecule has 0 radical (unpaired) electrons. The van der Waals surface area contributed by atoms with Crippen LogP contribution in [-0.2, 0) is 16.1 Å². The molecule has 2 aliphatic heterocycles. The summed E-state index contributed by atoms with van der Waals surface area (Å²) in [7, 11) is -2.53. The Kier molecular flexibility index (Phi) is 4.90. The first kappa shape index (κ1) is 18.4. The van der Waals surface area contributed by atoms with Gasteiger partial charge in [0, 0.05) is 11.3 Å². The van der Waals surface area contributed by atoms with Crippen molar-refractivity contribution in [3.05, 3.63) is 47.8 Å². The van der Waals surface area contributed by atoms with Crippen LogP contribution in [0.1, 0.15) is 48.7 Å². The number of rotatable bonds is 3. The average molecular weight is 387 g/mol. The van der Waals surface area contributed by atoms with E-state index in [9.17, 15) is 9.00 Å². The van der Waals surface area contributed by atoms with E-state index in [1.807, 2.05) is 37.3 Å². The molecular formula is C20H26N4O2S. The van der Waals surface area contributed by atoms with Gasteiger partial charge in [0.15, 0.2) is 0 Å². The molecule has 1 N–H and O–H groups in total. The fourth-order valence-electron chi connectivity index (χ4n) is 4.38. The molecule has 2 unspecified atom stereocenters. The van der Waals surface area contributed by atoms with Crippen molar-refractivity contribution in [1.82, 2.24) is 15.1 Å². The van der Waals surface area contributed by atoms with E-state index in [0.29, 0.717) is 23.5 Å². The number of amides is 1. The van der Waals surface area contributed by atoms with E-state index in [1.54, 1.807) is 10.9 Å². The lowest BCUT2D eigenvalue weighted by atomic mass is 9.94. The molecule has 2 aromatic rings. The average Bonchev–Trinajstić information content (AvgIpc) is 3.28. The van der Waals surface area contributed by atoms with Crippen LogP contribution in [0.25, 0.3) is 5.69 Å². The Hall–Kier alpha value is -1.99. The van der Waals surface area contributed by atoms with Crippen LogP contribution < -0.4 is 5.32 Å². The molecule has 27 heavy (non-hydrogen) atoms. The largest absolute Gasteiger partial charge is 0.310 e. The van der Waals surface area contributed by atoms with Crippen molar-refractivity contribution < 1.29 is 9.00 Å². The van der Waals surface area contributed by atoms with Crippen molar-refractivity contribution in [2.45, 2.75) is 44.6 Å². The fourth-order valence-corrected chi connectivity index (χ4v) is 6.93. The zero-order chi connectivity index (χ0) is 18.9. The summed E-state index contributed by atoms with van der Waals surface area (Å²) in [6.45, 7) is 2.96. The number of hydrogen-bond acceptors (Lipinski definition) is 4. The maximum Gasteiger partial charge on any atom is 0.288 e. The van der Waals surface area contributed by atoms with Gasteiger partial charge in [0.1, 0.15) is 0 Å². The Morgan fingerprint density at radius 2 is 2.07 bits per heavy atom. The van der Waals surface area contributed by atoms with Crippen LogP contribution in [0, 0.1) is 0 Å². The predicted octanol–water partition coefficient (Wildman–Crippen LogP) is 2.96. The topological polar surface area (TPSA) is 76.3 Å². The van der Waals surface area contributed by atoms with E-state index in [-0.39, 0.29) is 5.54 Å². The van der Waals surface area contributed by atoms with Crippen LogP contribution in [0.4, 0.5) is 0 Å². The van der Waals surface area contributed by atoms with Gasteiger partial charge in [-0.1, -0.05) is 25.1 Å². The van der Waals surface area contributed by atoms with E-state index in [1.165, 1.54) is 0 Å².